The third-order valence-corrected chi connectivity index (χ3v) is 4.80. The van der Waals surface area contributed by atoms with Gasteiger partial charge < -0.3 is 4.90 Å². The van der Waals surface area contributed by atoms with Gasteiger partial charge >= 0.3 is 0 Å². The number of sulfonamides is 1. The fourth-order valence-electron chi connectivity index (χ4n) is 1.56. The Morgan fingerprint density at radius 3 is 2.48 bits per heavy atom. The highest BCUT2D eigenvalue weighted by atomic mass is 127. The van der Waals surface area contributed by atoms with Crippen LogP contribution in [0.4, 0.5) is 5.95 Å². The number of benzene rings is 1. The summed E-state index contributed by atoms with van der Waals surface area (Å²) >= 11 is 2.13. The molecule has 1 N–H and O–H groups in total. The molecule has 0 saturated heterocycles. The average molecular weight is 418 g/mol. The lowest BCUT2D eigenvalue weighted by Gasteiger charge is -2.11. The van der Waals surface area contributed by atoms with Gasteiger partial charge in [-0.25, -0.2) is 23.1 Å². The van der Waals surface area contributed by atoms with Crippen LogP contribution in [0.25, 0.3) is 0 Å². The molecule has 0 saturated carbocycles. The molecule has 0 aliphatic carbocycles. The monoisotopic (exact) mass is 418 g/mol. The molecule has 0 aliphatic heterocycles. The number of hydrogen-bond donors (Lipinski definition) is 1. The summed E-state index contributed by atoms with van der Waals surface area (Å²) in [7, 11) is 0.121. The van der Waals surface area contributed by atoms with Gasteiger partial charge in [-0.15, -0.1) is 0 Å². The summed E-state index contributed by atoms with van der Waals surface area (Å²) in [4.78, 5) is 10.4. The van der Waals surface area contributed by atoms with E-state index in [0.29, 0.717) is 11.6 Å². The van der Waals surface area contributed by atoms with E-state index in [1.807, 2.05) is 14.1 Å². The van der Waals surface area contributed by atoms with Crippen LogP contribution in [0.2, 0.25) is 0 Å². The Bertz CT molecular complexity index is 717. The minimum absolute atomic E-state index is 0.123. The second-order valence-corrected chi connectivity index (χ2v) is 7.53. The molecule has 0 unspecified atom stereocenters. The maximum Gasteiger partial charge on any atom is 0.240 e. The van der Waals surface area contributed by atoms with Crippen LogP contribution in [-0.4, -0.2) is 32.5 Å². The molecular weight excluding hydrogens is 403 g/mol. The van der Waals surface area contributed by atoms with Gasteiger partial charge in [0, 0.05) is 23.9 Å². The maximum atomic E-state index is 12.2. The smallest absolute Gasteiger partial charge is 0.240 e. The standard InChI is InChI=1S/C13H15IN4O2S/c1-18(2)13-15-8-7-11(17-13)9-16-21(19,20)12-5-3-10(14)4-6-12/h3-8,16H,9H2,1-2H3. The molecule has 0 amide bonds. The lowest BCUT2D eigenvalue weighted by Crippen LogP contribution is -2.24. The summed E-state index contributed by atoms with van der Waals surface area (Å²) in [6.45, 7) is 0.123. The molecule has 1 aromatic carbocycles. The van der Waals surface area contributed by atoms with Gasteiger partial charge in [-0.05, 0) is 52.9 Å². The minimum atomic E-state index is -3.54. The average Bonchev–Trinajstić information content (AvgIpc) is 2.46. The van der Waals surface area contributed by atoms with Gasteiger partial charge in [0.15, 0.2) is 0 Å². The van der Waals surface area contributed by atoms with Gasteiger partial charge in [-0.2, -0.15) is 0 Å². The molecule has 2 aromatic rings. The van der Waals surface area contributed by atoms with E-state index in [4.69, 9.17) is 0 Å². The summed E-state index contributed by atoms with van der Waals surface area (Å²) in [6, 6.07) is 8.35. The molecule has 112 valence electrons. The first-order valence-corrected chi connectivity index (χ1v) is 8.69. The summed E-state index contributed by atoms with van der Waals surface area (Å²) in [5.74, 6) is 0.543. The minimum Gasteiger partial charge on any atom is -0.347 e. The maximum absolute atomic E-state index is 12.2. The van der Waals surface area contributed by atoms with Crippen molar-refractivity contribution >= 4 is 38.6 Å². The number of anilines is 1. The van der Waals surface area contributed by atoms with E-state index in [1.54, 1.807) is 41.4 Å². The molecule has 0 aliphatic rings. The third kappa shape index (κ3) is 4.35. The molecule has 0 bridgehead atoms. The first kappa shape index (κ1) is 16.1. The zero-order valence-electron chi connectivity index (χ0n) is 11.6. The Hall–Kier alpha value is -1.26. The highest BCUT2D eigenvalue weighted by molar-refractivity contribution is 14.1. The molecule has 0 fully saturated rings. The van der Waals surface area contributed by atoms with Crippen LogP contribution in [0, 0.1) is 3.57 Å². The summed E-state index contributed by atoms with van der Waals surface area (Å²) in [5, 5.41) is 0. The van der Waals surface area contributed by atoms with Crippen LogP contribution in [0.15, 0.2) is 41.4 Å². The Kier molecular flexibility index (Phi) is 5.12. The van der Waals surface area contributed by atoms with Crippen molar-refractivity contribution in [3.63, 3.8) is 0 Å². The van der Waals surface area contributed by atoms with Crippen molar-refractivity contribution in [2.45, 2.75) is 11.4 Å². The normalized spacial score (nSPS) is 11.4. The van der Waals surface area contributed by atoms with Gasteiger partial charge in [0.1, 0.15) is 0 Å². The summed E-state index contributed by atoms with van der Waals surface area (Å²) in [5.41, 5.74) is 0.614. The summed E-state index contributed by atoms with van der Waals surface area (Å²) in [6.07, 6.45) is 1.61. The second kappa shape index (κ2) is 6.67. The molecule has 1 heterocycles. The predicted octanol–water partition coefficient (Wildman–Crippen LogP) is 1.63. The number of nitrogens with one attached hydrogen (secondary N) is 1. The molecule has 0 atom stereocenters. The van der Waals surface area contributed by atoms with Crippen molar-refractivity contribution in [3.05, 3.63) is 45.8 Å². The number of aromatic nitrogens is 2. The molecule has 6 nitrogen and oxygen atoms in total. The largest absolute Gasteiger partial charge is 0.347 e. The lowest BCUT2D eigenvalue weighted by atomic mass is 10.4. The van der Waals surface area contributed by atoms with Crippen LogP contribution in [-0.2, 0) is 16.6 Å². The van der Waals surface area contributed by atoms with E-state index >= 15 is 0 Å². The number of nitrogens with zero attached hydrogens (tertiary/aromatic N) is 3. The van der Waals surface area contributed by atoms with Gasteiger partial charge in [-0.1, -0.05) is 0 Å². The van der Waals surface area contributed by atoms with Gasteiger partial charge in [0.05, 0.1) is 17.1 Å². The van der Waals surface area contributed by atoms with E-state index in [1.165, 1.54) is 0 Å². The molecule has 8 heteroatoms. The topological polar surface area (TPSA) is 75.2 Å². The molecule has 21 heavy (non-hydrogen) atoms. The second-order valence-electron chi connectivity index (χ2n) is 4.52. The van der Waals surface area contributed by atoms with Gasteiger partial charge in [0.2, 0.25) is 16.0 Å². The Morgan fingerprint density at radius 2 is 1.86 bits per heavy atom. The van der Waals surface area contributed by atoms with Gasteiger partial charge in [0.25, 0.3) is 0 Å². The summed E-state index contributed by atoms with van der Waals surface area (Å²) < 4.78 is 27.9. The molecule has 0 radical (unpaired) electrons. The van der Waals surface area contributed by atoms with Crippen molar-refractivity contribution in [3.8, 4) is 0 Å². The fourth-order valence-corrected chi connectivity index (χ4v) is 2.92. The Morgan fingerprint density at radius 1 is 1.19 bits per heavy atom. The van der Waals surface area contributed by atoms with Crippen molar-refractivity contribution in [2.75, 3.05) is 19.0 Å². The number of rotatable bonds is 5. The van der Waals surface area contributed by atoms with E-state index in [9.17, 15) is 8.42 Å². The van der Waals surface area contributed by atoms with Crippen LogP contribution in [0.3, 0.4) is 0 Å². The van der Waals surface area contributed by atoms with Crippen molar-refractivity contribution in [1.29, 1.82) is 0 Å². The SMILES string of the molecule is CN(C)c1nccc(CNS(=O)(=O)c2ccc(I)cc2)n1. The van der Waals surface area contributed by atoms with E-state index in [2.05, 4.69) is 37.3 Å². The number of halogens is 1. The highest BCUT2D eigenvalue weighted by Gasteiger charge is 2.14. The van der Waals surface area contributed by atoms with Crippen molar-refractivity contribution in [1.82, 2.24) is 14.7 Å². The first-order chi connectivity index (χ1) is 9.88. The van der Waals surface area contributed by atoms with Crippen molar-refractivity contribution < 1.29 is 8.42 Å². The third-order valence-electron chi connectivity index (χ3n) is 2.67. The van der Waals surface area contributed by atoms with E-state index in [0.717, 1.165) is 3.57 Å². The lowest BCUT2D eigenvalue weighted by molar-refractivity contribution is 0.580. The van der Waals surface area contributed by atoms with Crippen LogP contribution >= 0.6 is 22.6 Å². The van der Waals surface area contributed by atoms with E-state index in [-0.39, 0.29) is 11.4 Å². The highest BCUT2D eigenvalue weighted by Crippen LogP contribution is 2.12. The number of hydrogen-bond acceptors (Lipinski definition) is 5. The first-order valence-electron chi connectivity index (χ1n) is 6.13. The van der Waals surface area contributed by atoms with Gasteiger partial charge in [-0.3, -0.25) is 0 Å². The van der Waals surface area contributed by atoms with Crippen LogP contribution < -0.4 is 9.62 Å². The molecule has 2 rings (SSSR count). The molecule has 0 spiro atoms. The predicted molar refractivity (Wildman–Crippen MR) is 89.5 cm³/mol. The molecular formula is C13H15IN4O2S. The zero-order valence-corrected chi connectivity index (χ0v) is 14.6. The Labute approximate surface area is 137 Å². The zero-order chi connectivity index (χ0) is 15.5. The van der Waals surface area contributed by atoms with Crippen LogP contribution in [0.1, 0.15) is 5.69 Å². The van der Waals surface area contributed by atoms with E-state index < -0.39 is 10.0 Å². The Balaban J connectivity index is 2.11. The quantitative estimate of drug-likeness (QED) is 0.748. The molecule has 1 aromatic heterocycles. The van der Waals surface area contributed by atoms with Crippen LogP contribution in [0.5, 0.6) is 0 Å². The fraction of sp³-hybridized carbons (Fsp3) is 0.231. The van der Waals surface area contributed by atoms with Crippen molar-refractivity contribution in [2.24, 2.45) is 0 Å².